The van der Waals surface area contributed by atoms with Crippen LogP contribution >= 0.6 is 0 Å². The third kappa shape index (κ3) is 4.41. The summed E-state index contributed by atoms with van der Waals surface area (Å²) in [6, 6.07) is 17.4. The first-order valence-corrected chi connectivity index (χ1v) is 10.8. The highest BCUT2D eigenvalue weighted by Crippen LogP contribution is 2.23. The minimum Gasteiger partial charge on any atom is -0.384 e. The minimum atomic E-state index is -0.501. The Labute approximate surface area is 191 Å². The van der Waals surface area contributed by atoms with Gasteiger partial charge in [-0.1, -0.05) is 30.3 Å². The average Bonchev–Trinajstić information content (AvgIpc) is 2.85. The van der Waals surface area contributed by atoms with E-state index in [-0.39, 0.29) is 11.4 Å². The number of hydrogen-bond donors (Lipinski definition) is 3. The molecular formula is C25H26N6O2. The van der Waals surface area contributed by atoms with Gasteiger partial charge in [0.15, 0.2) is 0 Å². The van der Waals surface area contributed by atoms with E-state index in [4.69, 9.17) is 10.7 Å². The van der Waals surface area contributed by atoms with Crippen LogP contribution < -0.4 is 21.8 Å². The molecule has 1 aromatic carbocycles. The molecule has 4 rings (SSSR count). The van der Waals surface area contributed by atoms with Gasteiger partial charge < -0.3 is 20.9 Å². The largest absolute Gasteiger partial charge is 0.384 e. The van der Waals surface area contributed by atoms with Gasteiger partial charge in [-0.05, 0) is 43.2 Å². The number of nitrogen functional groups attached to an aromatic ring is 1. The van der Waals surface area contributed by atoms with Crippen molar-refractivity contribution < 1.29 is 4.79 Å². The van der Waals surface area contributed by atoms with Gasteiger partial charge in [-0.15, -0.1) is 0 Å². The molecule has 0 saturated carbocycles. The van der Waals surface area contributed by atoms with Crippen molar-refractivity contribution in [3.05, 3.63) is 82.1 Å². The summed E-state index contributed by atoms with van der Waals surface area (Å²) in [6.07, 6.45) is 2.62. The van der Waals surface area contributed by atoms with Crippen LogP contribution in [0.3, 0.4) is 0 Å². The summed E-state index contributed by atoms with van der Waals surface area (Å²) in [5, 5.41) is 6.15. The summed E-state index contributed by atoms with van der Waals surface area (Å²) in [4.78, 5) is 34.1. The van der Waals surface area contributed by atoms with Crippen molar-refractivity contribution in [2.45, 2.75) is 19.9 Å². The Morgan fingerprint density at radius 1 is 1.09 bits per heavy atom. The van der Waals surface area contributed by atoms with Gasteiger partial charge in [0.2, 0.25) is 5.43 Å². The fraction of sp³-hybridized carbons (Fsp3) is 0.200. The molecule has 3 heterocycles. The summed E-state index contributed by atoms with van der Waals surface area (Å²) >= 11 is 0. The highest BCUT2D eigenvalue weighted by molar-refractivity contribution is 6.01. The number of rotatable bonds is 7. The molecule has 168 valence electrons. The number of anilines is 2. The SMILES string of the molecule is CCn1c(N)c(C(=O)NC)c(=O)c2ccc(-c3ccc(CCNc4ccccn4)cc3)nc21. The average molecular weight is 443 g/mol. The third-order valence-electron chi connectivity index (χ3n) is 5.55. The molecule has 0 spiro atoms. The first-order chi connectivity index (χ1) is 16.0. The molecule has 0 fully saturated rings. The molecule has 3 aromatic heterocycles. The molecule has 8 heteroatoms. The summed E-state index contributed by atoms with van der Waals surface area (Å²) in [5.74, 6) is 0.476. The predicted octanol–water partition coefficient (Wildman–Crippen LogP) is 3.07. The van der Waals surface area contributed by atoms with E-state index in [9.17, 15) is 9.59 Å². The number of benzene rings is 1. The molecular weight excluding hydrogens is 416 g/mol. The zero-order valence-corrected chi connectivity index (χ0v) is 18.6. The Balaban J connectivity index is 1.61. The Morgan fingerprint density at radius 2 is 1.88 bits per heavy atom. The Hall–Kier alpha value is -4.20. The fourth-order valence-electron chi connectivity index (χ4n) is 3.80. The van der Waals surface area contributed by atoms with Crippen molar-refractivity contribution in [3.63, 3.8) is 0 Å². The Kier molecular flexibility index (Phi) is 6.35. The van der Waals surface area contributed by atoms with Crippen LogP contribution in [0.2, 0.25) is 0 Å². The van der Waals surface area contributed by atoms with Crippen LogP contribution in [0.15, 0.2) is 65.6 Å². The molecule has 33 heavy (non-hydrogen) atoms. The quantitative estimate of drug-likeness (QED) is 0.405. The molecule has 0 atom stereocenters. The summed E-state index contributed by atoms with van der Waals surface area (Å²) in [7, 11) is 1.47. The van der Waals surface area contributed by atoms with Crippen LogP contribution in [-0.4, -0.2) is 34.0 Å². The molecule has 0 aliphatic carbocycles. The zero-order valence-electron chi connectivity index (χ0n) is 18.6. The maximum atomic E-state index is 12.9. The van der Waals surface area contributed by atoms with Crippen LogP contribution in [0.1, 0.15) is 22.8 Å². The van der Waals surface area contributed by atoms with Crippen LogP contribution in [-0.2, 0) is 13.0 Å². The van der Waals surface area contributed by atoms with Gasteiger partial charge in [-0.3, -0.25) is 9.59 Å². The molecule has 0 unspecified atom stereocenters. The number of aromatic nitrogens is 3. The highest BCUT2D eigenvalue weighted by atomic mass is 16.2. The molecule has 1 amide bonds. The standard InChI is InChI=1S/C25H26N6O2/c1-3-31-23(26)21(25(33)27-2)22(32)18-11-12-19(30-24(18)31)17-9-7-16(8-10-17)13-15-29-20-6-4-5-14-28-20/h4-12,14H,3,13,15,26H2,1-2H3,(H,27,33)(H,28,29). The number of nitrogens with zero attached hydrogens (tertiary/aromatic N) is 3. The summed E-state index contributed by atoms with van der Waals surface area (Å²) < 4.78 is 1.70. The summed E-state index contributed by atoms with van der Waals surface area (Å²) in [5.41, 5.74) is 9.04. The van der Waals surface area contributed by atoms with Crippen LogP contribution in [0.5, 0.6) is 0 Å². The molecule has 0 aliphatic heterocycles. The van der Waals surface area contributed by atoms with E-state index in [0.717, 1.165) is 30.0 Å². The number of pyridine rings is 3. The first-order valence-electron chi connectivity index (χ1n) is 10.8. The molecule has 0 bridgehead atoms. The van der Waals surface area contributed by atoms with Gasteiger partial charge in [0.25, 0.3) is 5.91 Å². The second-order valence-electron chi connectivity index (χ2n) is 7.57. The lowest BCUT2D eigenvalue weighted by molar-refractivity contribution is 0.0962. The third-order valence-corrected chi connectivity index (χ3v) is 5.55. The Morgan fingerprint density at radius 3 is 2.55 bits per heavy atom. The van der Waals surface area contributed by atoms with Gasteiger partial charge in [0.1, 0.15) is 22.8 Å². The lowest BCUT2D eigenvalue weighted by atomic mass is 10.1. The van der Waals surface area contributed by atoms with E-state index in [0.29, 0.717) is 17.6 Å². The number of carbonyl (C=O) groups excluding carboxylic acids is 1. The molecule has 0 saturated heterocycles. The van der Waals surface area contributed by atoms with Gasteiger partial charge in [0.05, 0.1) is 11.1 Å². The molecule has 8 nitrogen and oxygen atoms in total. The number of carbonyl (C=O) groups is 1. The van der Waals surface area contributed by atoms with Crippen molar-refractivity contribution in [2.24, 2.45) is 0 Å². The maximum Gasteiger partial charge on any atom is 0.258 e. The van der Waals surface area contributed by atoms with Gasteiger partial charge in [-0.25, -0.2) is 9.97 Å². The molecule has 4 N–H and O–H groups in total. The predicted molar refractivity (Wildman–Crippen MR) is 131 cm³/mol. The monoisotopic (exact) mass is 442 g/mol. The minimum absolute atomic E-state index is 0.0509. The number of fused-ring (bicyclic) bond motifs is 1. The lowest BCUT2D eigenvalue weighted by Gasteiger charge is -2.15. The Bertz CT molecular complexity index is 1350. The number of nitrogens with two attached hydrogens (primary N) is 1. The van der Waals surface area contributed by atoms with Gasteiger partial charge in [0, 0.05) is 31.9 Å². The highest BCUT2D eigenvalue weighted by Gasteiger charge is 2.20. The summed E-state index contributed by atoms with van der Waals surface area (Å²) in [6.45, 7) is 3.15. The topological polar surface area (TPSA) is 115 Å². The van der Waals surface area contributed by atoms with Crippen LogP contribution in [0.4, 0.5) is 11.6 Å². The lowest BCUT2D eigenvalue weighted by Crippen LogP contribution is -2.30. The van der Waals surface area contributed by atoms with Crippen LogP contribution in [0.25, 0.3) is 22.3 Å². The molecule has 0 radical (unpaired) electrons. The first kappa shape index (κ1) is 22.0. The van der Waals surface area contributed by atoms with E-state index >= 15 is 0 Å². The number of amides is 1. The second-order valence-corrected chi connectivity index (χ2v) is 7.57. The van der Waals surface area contributed by atoms with E-state index in [1.54, 1.807) is 22.9 Å². The zero-order chi connectivity index (χ0) is 23.4. The second kappa shape index (κ2) is 9.52. The number of nitrogens with one attached hydrogen (secondary N) is 2. The maximum absolute atomic E-state index is 12.9. The fourth-order valence-corrected chi connectivity index (χ4v) is 3.80. The van der Waals surface area contributed by atoms with Gasteiger partial charge in [-0.2, -0.15) is 0 Å². The normalized spacial score (nSPS) is 10.8. The van der Waals surface area contributed by atoms with Crippen LogP contribution in [0, 0.1) is 0 Å². The van der Waals surface area contributed by atoms with E-state index in [2.05, 4.69) is 27.8 Å². The van der Waals surface area contributed by atoms with Crippen molar-refractivity contribution in [1.82, 2.24) is 19.9 Å². The molecule has 0 aliphatic rings. The van der Waals surface area contributed by atoms with Crippen molar-refractivity contribution in [1.29, 1.82) is 0 Å². The van der Waals surface area contributed by atoms with E-state index in [1.807, 2.05) is 37.3 Å². The van der Waals surface area contributed by atoms with Crippen molar-refractivity contribution >= 4 is 28.6 Å². The smallest absolute Gasteiger partial charge is 0.258 e. The van der Waals surface area contributed by atoms with Gasteiger partial charge >= 0.3 is 0 Å². The number of hydrogen-bond acceptors (Lipinski definition) is 6. The molecule has 4 aromatic rings. The van der Waals surface area contributed by atoms with E-state index < -0.39 is 11.3 Å². The van der Waals surface area contributed by atoms with Crippen molar-refractivity contribution in [3.8, 4) is 11.3 Å². The van der Waals surface area contributed by atoms with Crippen molar-refractivity contribution in [2.75, 3.05) is 24.6 Å². The van der Waals surface area contributed by atoms with E-state index in [1.165, 1.54) is 12.6 Å². The number of aryl methyl sites for hydroxylation is 1.